The molecule has 2 aliphatic heterocycles. The molecule has 2 rings (SSSR count). The van der Waals surface area contributed by atoms with Crippen LogP contribution in [0.3, 0.4) is 0 Å². The maximum absolute atomic E-state index is 11.8. The number of nitrogens with two attached hydrogens (primary N) is 1. The van der Waals surface area contributed by atoms with E-state index in [1.165, 1.54) is 0 Å². The quantitative estimate of drug-likeness (QED) is 0.754. The van der Waals surface area contributed by atoms with Crippen molar-refractivity contribution < 1.29 is 8.42 Å². The Morgan fingerprint density at radius 3 is 2.56 bits per heavy atom. The van der Waals surface area contributed by atoms with Crippen molar-refractivity contribution in [3.8, 4) is 0 Å². The highest BCUT2D eigenvalue weighted by Gasteiger charge is 2.46. The molecular formula is C12H25N3O2S. The van der Waals surface area contributed by atoms with Gasteiger partial charge in [0.25, 0.3) is 0 Å². The predicted molar refractivity (Wildman–Crippen MR) is 73.3 cm³/mol. The van der Waals surface area contributed by atoms with Crippen molar-refractivity contribution in [3.05, 3.63) is 0 Å². The van der Waals surface area contributed by atoms with Crippen LogP contribution in [-0.4, -0.2) is 74.0 Å². The molecule has 0 aliphatic carbocycles. The molecule has 18 heavy (non-hydrogen) atoms. The average Bonchev–Trinajstić information content (AvgIpc) is 2.66. The first-order valence-corrected chi connectivity index (χ1v) is 8.64. The van der Waals surface area contributed by atoms with E-state index in [0.717, 1.165) is 26.2 Å². The first-order valence-electron chi connectivity index (χ1n) is 6.82. The van der Waals surface area contributed by atoms with E-state index in [1.807, 2.05) is 0 Å². The van der Waals surface area contributed by atoms with Gasteiger partial charge >= 0.3 is 0 Å². The molecule has 0 spiro atoms. The summed E-state index contributed by atoms with van der Waals surface area (Å²) >= 11 is 0. The van der Waals surface area contributed by atoms with E-state index in [1.54, 1.807) is 0 Å². The molecule has 0 aromatic rings. The summed E-state index contributed by atoms with van der Waals surface area (Å²) in [7, 11) is -2.89. The summed E-state index contributed by atoms with van der Waals surface area (Å²) in [5.41, 5.74) is 5.61. The summed E-state index contributed by atoms with van der Waals surface area (Å²) < 4.78 is 23.5. The van der Waals surface area contributed by atoms with Crippen LogP contribution in [0.2, 0.25) is 0 Å². The van der Waals surface area contributed by atoms with Crippen molar-refractivity contribution in [2.75, 3.05) is 44.2 Å². The molecule has 2 fully saturated rings. The van der Waals surface area contributed by atoms with Crippen LogP contribution in [0.5, 0.6) is 0 Å². The van der Waals surface area contributed by atoms with Crippen LogP contribution >= 0.6 is 0 Å². The van der Waals surface area contributed by atoms with Crippen molar-refractivity contribution in [1.29, 1.82) is 0 Å². The molecule has 2 saturated heterocycles. The monoisotopic (exact) mass is 275 g/mol. The topological polar surface area (TPSA) is 66.6 Å². The lowest BCUT2D eigenvalue weighted by molar-refractivity contribution is 0.0218. The van der Waals surface area contributed by atoms with Crippen molar-refractivity contribution in [1.82, 2.24) is 9.80 Å². The van der Waals surface area contributed by atoms with E-state index in [0.29, 0.717) is 24.8 Å². The molecule has 2 N–H and O–H groups in total. The van der Waals surface area contributed by atoms with Crippen LogP contribution in [-0.2, 0) is 9.84 Å². The van der Waals surface area contributed by atoms with E-state index in [2.05, 4.69) is 23.6 Å². The fraction of sp³-hybridized carbons (Fsp3) is 1.00. The second-order valence-corrected chi connectivity index (χ2v) is 7.88. The Labute approximate surface area is 110 Å². The number of likely N-dealkylation sites (N-methyl/N-ethyl adjacent to an activating group) is 1. The van der Waals surface area contributed by atoms with Crippen LogP contribution in [0.15, 0.2) is 0 Å². The molecule has 6 heteroatoms. The predicted octanol–water partition coefficient (Wildman–Crippen LogP) is -0.472. The highest BCUT2D eigenvalue weighted by Crippen LogP contribution is 2.30. The van der Waals surface area contributed by atoms with E-state index in [4.69, 9.17) is 5.73 Å². The second kappa shape index (κ2) is 5.07. The number of sulfone groups is 1. The average molecular weight is 275 g/mol. The molecular weight excluding hydrogens is 250 g/mol. The second-order valence-electron chi connectivity index (χ2n) is 5.69. The number of nitrogens with zero attached hydrogens (tertiary/aromatic N) is 2. The van der Waals surface area contributed by atoms with Gasteiger partial charge in [-0.1, -0.05) is 6.92 Å². The highest BCUT2D eigenvalue weighted by atomic mass is 32.2. The Morgan fingerprint density at radius 2 is 2.11 bits per heavy atom. The number of hydrogen-bond donors (Lipinski definition) is 1. The Hall–Kier alpha value is -0.170. The summed E-state index contributed by atoms with van der Waals surface area (Å²) in [6, 6.07) is 0.482. The van der Waals surface area contributed by atoms with Crippen molar-refractivity contribution in [2.45, 2.75) is 31.8 Å². The van der Waals surface area contributed by atoms with Gasteiger partial charge in [-0.2, -0.15) is 0 Å². The largest absolute Gasteiger partial charge is 0.329 e. The Morgan fingerprint density at radius 1 is 1.39 bits per heavy atom. The summed E-state index contributed by atoms with van der Waals surface area (Å²) in [5, 5.41) is 0. The van der Waals surface area contributed by atoms with Crippen molar-refractivity contribution in [2.24, 2.45) is 5.73 Å². The SMILES string of the molecule is CCN1CCN(C2(CN)CCS(=O)(=O)C2)CC1C. The lowest BCUT2D eigenvalue weighted by Crippen LogP contribution is -2.63. The Balaban J connectivity index is 2.11. The molecule has 0 amide bonds. The van der Waals surface area contributed by atoms with Crippen LogP contribution in [0.1, 0.15) is 20.3 Å². The lowest BCUT2D eigenvalue weighted by atomic mass is 9.94. The molecule has 106 valence electrons. The van der Waals surface area contributed by atoms with E-state index < -0.39 is 9.84 Å². The fourth-order valence-electron chi connectivity index (χ4n) is 3.33. The summed E-state index contributed by atoms with van der Waals surface area (Å²) in [5.74, 6) is 0.544. The van der Waals surface area contributed by atoms with Gasteiger partial charge in [-0.15, -0.1) is 0 Å². The molecule has 0 bridgehead atoms. The number of rotatable bonds is 3. The molecule has 2 heterocycles. The van der Waals surface area contributed by atoms with Gasteiger partial charge in [-0.05, 0) is 19.9 Å². The zero-order valence-electron chi connectivity index (χ0n) is 11.4. The highest BCUT2D eigenvalue weighted by molar-refractivity contribution is 7.91. The van der Waals surface area contributed by atoms with E-state index in [9.17, 15) is 8.42 Å². The minimum atomic E-state index is -2.89. The number of hydrogen-bond acceptors (Lipinski definition) is 5. The van der Waals surface area contributed by atoms with Gasteiger partial charge in [0, 0.05) is 37.8 Å². The first-order chi connectivity index (χ1) is 8.42. The Bertz CT molecular complexity index is 398. The standard InChI is InChI=1S/C12H25N3O2S/c1-3-14-5-6-15(8-11(14)2)12(9-13)4-7-18(16,17)10-12/h11H,3-10,13H2,1-2H3. The van der Waals surface area contributed by atoms with Gasteiger partial charge < -0.3 is 5.73 Å². The van der Waals surface area contributed by atoms with Crippen LogP contribution in [0, 0.1) is 0 Å². The van der Waals surface area contributed by atoms with Crippen LogP contribution in [0.25, 0.3) is 0 Å². The van der Waals surface area contributed by atoms with Crippen LogP contribution < -0.4 is 5.73 Å². The minimum absolute atomic E-state index is 0.245. The third kappa shape index (κ3) is 2.57. The summed E-state index contributed by atoms with van der Waals surface area (Å²) in [6.07, 6.45) is 0.699. The third-order valence-electron chi connectivity index (χ3n) is 4.59. The molecule has 2 atom stereocenters. The molecule has 0 radical (unpaired) electrons. The minimum Gasteiger partial charge on any atom is -0.329 e. The maximum atomic E-state index is 11.8. The summed E-state index contributed by atoms with van der Waals surface area (Å²) in [6.45, 7) is 8.77. The molecule has 2 unspecified atom stereocenters. The van der Waals surface area contributed by atoms with Gasteiger partial charge in [-0.25, -0.2) is 8.42 Å². The molecule has 2 aliphatic rings. The first kappa shape index (κ1) is 14.2. The van der Waals surface area contributed by atoms with Gasteiger partial charge in [0.2, 0.25) is 0 Å². The molecule has 5 nitrogen and oxygen atoms in total. The zero-order chi connectivity index (χ0) is 13.4. The van der Waals surface area contributed by atoms with E-state index in [-0.39, 0.29) is 11.3 Å². The normalized spacial score (nSPS) is 38.1. The molecule has 0 aromatic carbocycles. The van der Waals surface area contributed by atoms with Crippen molar-refractivity contribution in [3.63, 3.8) is 0 Å². The van der Waals surface area contributed by atoms with Crippen LogP contribution in [0.4, 0.5) is 0 Å². The van der Waals surface area contributed by atoms with E-state index >= 15 is 0 Å². The smallest absolute Gasteiger partial charge is 0.152 e. The van der Waals surface area contributed by atoms with Gasteiger partial charge in [-0.3, -0.25) is 9.80 Å². The Kier molecular flexibility index (Phi) is 4.02. The molecule has 0 saturated carbocycles. The third-order valence-corrected chi connectivity index (χ3v) is 6.39. The summed E-state index contributed by atoms with van der Waals surface area (Å²) in [4.78, 5) is 4.76. The van der Waals surface area contributed by atoms with Gasteiger partial charge in [0.15, 0.2) is 9.84 Å². The molecule has 0 aromatic heterocycles. The lowest BCUT2D eigenvalue weighted by Gasteiger charge is -2.47. The zero-order valence-corrected chi connectivity index (χ0v) is 12.2. The fourth-order valence-corrected chi connectivity index (χ4v) is 5.43. The van der Waals surface area contributed by atoms with Gasteiger partial charge in [0.1, 0.15) is 0 Å². The maximum Gasteiger partial charge on any atom is 0.152 e. The number of piperazine rings is 1. The van der Waals surface area contributed by atoms with Crippen molar-refractivity contribution >= 4 is 9.84 Å². The van der Waals surface area contributed by atoms with Gasteiger partial charge in [0.05, 0.1) is 11.5 Å².